The number of nitrogens with zero attached hydrogens (tertiary/aromatic N) is 5. The maximum Gasteiger partial charge on any atom is 0.229 e. The molecule has 0 unspecified atom stereocenters. The number of imide groups is 1. The van der Waals surface area contributed by atoms with E-state index in [1.165, 1.54) is 4.31 Å². The van der Waals surface area contributed by atoms with Crippen molar-refractivity contribution in [2.75, 3.05) is 43.4 Å². The number of aryl methyl sites for hydroxylation is 1. The molecule has 0 bridgehead atoms. The standard InChI is InChI=1S/C22H29N5O4S/c1-17-22(18(2)27(23-17)19-7-4-3-5-8-19)24-11-13-25(14-12-24)32(30,31)16-15-26-20(28)9-6-10-21(26)29/h3-5,7-8H,6,9-16H2,1-2H3. The smallest absolute Gasteiger partial charge is 0.229 e. The molecule has 2 saturated heterocycles. The fourth-order valence-electron chi connectivity index (χ4n) is 4.49. The topological polar surface area (TPSA) is 95.8 Å². The first-order chi connectivity index (χ1) is 15.3. The Labute approximate surface area is 188 Å². The van der Waals surface area contributed by atoms with Gasteiger partial charge in [0.15, 0.2) is 0 Å². The Morgan fingerprint density at radius 1 is 0.938 bits per heavy atom. The number of amides is 2. The minimum atomic E-state index is -3.55. The van der Waals surface area contributed by atoms with Crippen molar-refractivity contribution in [1.29, 1.82) is 0 Å². The zero-order valence-corrected chi connectivity index (χ0v) is 19.3. The molecule has 32 heavy (non-hydrogen) atoms. The van der Waals surface area contributed by atoms with Gasteiger partial charge >= 0.3 is 0 Å². The van der Waals surface area contributed by atoms with Gasteiger partial charge in [-0.15, -0.1) is 0 Å². The van der Waals surface area contributed by atoms with Gasteiger partial charge in [0.25, 0.3) is 0 Å². The number of anilines is 1. The number of para-hydroxylation sites is 1. The Balaban J connectivity index is 1.40. The van der Waals surface area contributed by atoms with Crippen molar-refractivity contribution in [3.8, 4) is 5.69 Å². The van der Waals surface area contributed by atoms with E-state index in [-0.39, 0.29) is 24.1 Å². The molecule has 0 spiro atoms. The number of aromatic nitrogens is 2. The predicted octanol–water partition coefficient (Wildman–Crippen LogP) is 1.48. The van der Waals surface area contributed by atoms with Gasteiger partial charge in [0.05, 0.1) is 28.5 Å². The summed E-state index contributed by atoms with van der Waals surface area (Å²) in [6, 6.07) is 9.92. The molecule has 2 amide bonds. The van der Waals surface area contributed by atoms with Crippen LogP contribution in [0.4, 0.5) is 5.69 Å². The molecule has 2 aromatic rings. The van der Waals surface area contributed by atoms with Gasteiger partial charge < -0.3 is 4.90 Å². The Kier molecular flexibility index (Phi) is 6.34. The molecule has 9 nitrogen and oxygen atoms in total. The number of piperidine rings is 1. The van der Waals surface area contributed by atoms with Crippen LogP contribution in [0.3, 0.4) is 0 Å². The second-order valence-electron chi connectivity index (χ2n) is 8.26. The lowest BCUT2D eigenvalue weighted by atomic mass is 10.1. The lowest BCUT2D eigenvalue weighted by Gasteiger charge is -2.36. The third-order valence-electron chi connectivity index (χ3n) is 6.16. The van der Waals surface area contributed by atoms with Crippen molar-refractivity contribution >= 4 is 27.5 Å². The molecule has 2 fully saturated rings. The van der Waals surface area contributed by atoms with Crippen molar-refractivity contribution in [1.82, 2.24) is 19.0 Å². The molecule has 0 atom stereocenters. The van der Waals surface area contributed by atoms with Crippen LogP contribution in [0.5, 0.6) is 0 Å². The number of piperazine rings is 1. The van der Waals surface area contributed by atoms with Crippen molar-refractivity contribution < 1.29 is 18.0 Å². The van der Waals surface area contributed by atoms with Gasteiger partial charge in [-0.2, -0.15) is 9.40 Å². The highest BCUT2D eigenvalue weighted by Crippen LogP contribution is 2.28. The highest BCUT2D eigenvalue weighted by molar-refractivity contribution is 7.89. The first-order valence-electron chi connectivity index (χ1n) is 11.0. The van der Waals surface area contributed by atoms with Gasteiger partial charge in [-0.05, 0) is 32.4 Å². The molecule has 0 aliphatic carbocycles. The summed E-state index contributed by atoms with van der Waals surface area (Å²) in [6.45, 7) is 5.77. The third kappa shape index (κ3) is 4.42. The molecule has 2 aliphatic heterocycles. The Bertz CT molecular complexity index is 1090. The first kappa shape index (κ1) is 22.5. The number of hydrogen-bond acceptors (Lipinski definition) is 6. The van der Waals surface area contributed by atoms with E-state index in [0.717, 1.165) is 27.7 Å². The molecule has 2 aliphatic rings. The molecule has 0 N–H and O–H groups in total. The van der Waals surface area contributed by atoms with Crippen LogP contribution in [0.2, 0.25) is 0 Å². The van der Waals surface area contributed by atoms with Crippen molar-refractivity contribution in [2.45, 2.75) is 33.1 Å². The van der Waals surface area contributed by atoms with Gasteiger partial charge in [-0.1, -0.05) is 18.2 Å². The fraction of sp³-hybridized carbons (Fsp3) is 0.500. The number of benzene rings is 1. The van der Waals surface area contributed by atoms with E-state index < -0.39 is 10.0 Å². The Morgan fingerprint density at radius 2 is 1.56 bits per heavy atom. The number of carbonyl (C=O) groups is 2. The van der Waals surface area contributed by atoms with Gasteiger partial charge in [-0.3, -0.25) is 14.5 Å². The van der Waals surface area contributed by atoms with Crippen LogP contribution in [-0.4, -0.2) is 77.7 Å². The highest BCUT2D eigenvalue weighted by Gasteiger charge is 2.32. The highest BCUT2D eigenvalue weighted by atomic mass is 32.2. The van der Waals surface area contributed by atoms with Crippen LogP contribution >= 0.6 is 0 Å². The summed E-state index contributed by atoms with van der Waals surface area (Å²) in [5.41, 5.74) is 3.95. The monoisotopic (exact) mass is 459 g/mol. The zero-order chi connectivity index (χ0) is 22.9. The SMILES string of the molecule is Cc1nn(-c2ccccc2)c(C)c1N1CCN(S(=O)(=O)CCN2C(=O)CCCC2=O)CC1. The van der Waals surface area contributed by atoms with Crippen molar-refractivity contribution in [3.05, 3.63) is 41.7 Å². The van der Waals surface area contributed by atoms with Crippen LogP contribution in [-0.2, 0) is 19.6 Å². The van der Waals surface area contributed by atoms with E-state index in [9.17, 15) is 18.0 Å². The molecule has 10 heteroatoms. The van der Waals surface area contributed by atoms with E-state index in [2.05, 4.69) is 4.90 Å². The summed E-state index contributed by atoms with van der Waals surface area (Å²) in [7, 11) is -3.55. The molecule has 0 radical (unpaired) electrons. The molecule has 4 rings (SSSR count). The lowest BCUT2D eigenvalue weighted by Crippen LogP contribution is -2.51. The fourth-order valence-corrected chi connectivity index (χ4v) is 5.88. The number of sulfonamides is 1. The summed E-state index contributed by atoms with van der Waals surface area (Å²) in [5, 5.41) is 4.69. The minimum Gasteiger partial charge on any atom is -0.366 e. The van der Waals surface area contributed by atoms with Gasteiger partial charge in [-0.25, -0.2) is 13.1 Å². The van der Waals surface area contributed by atoms with E-state index in [1.807, 2.05) is 48.9 Å². The predicted molar refractivity (Wildman–Crippen MR) is 121 cm³/mol. The second kappa shape index (κ2) is 9.03. The molecule has 3 heterocycles. The zero-order valence-electron chi connectivity index (χ0n) is 18.5. The first-order valence-corrected chi connectivity index (χ1v) is 12.6. The van der Waals surface area contributed by atoms with Crippen molar-refractivity contribution in [3.63, 3.8) is 0 Å². The molecular formula is C22H29N5O4S. The van der Waals surface area contributed by atoms with Crippen LogP contribution in [0.1, 0.15) is 30.7 Å². The maximum atomic E-state index is 12.8. The van der Waals surface area contributed by atoms with Gasteiger partial charge in [0, 0.05) is 45.6 Å². The Hall–Kier alpha value is -2.72. The van der Waals surface area contributed by atoms with Crippen molar-refractivity contribution in [2.24, 2.45) is 0 Å². The second-order valence-corrected chi connectivity index (χ2v) is 10.4. The quantitative estimate of drug-likeness (QED) is 0.607. The van der Waals surface area contributed by atoms with Crippen LogP contribution in [0, 0.1) is 13.8 Å². The van der Waals surface area contributed by atoms with Gasteiger partial charge in [0.1, 0.15) is 0 Å². The molecular weight excluding hydrogens is 430 g/mol. The summed E-state index contributed by atoms with van der Waals surface area (Å²) < 4.78 is 29.1. The number of carbonyl (C=O) groups excluding carboxylic acids is 2. The summed E-state index contributed by atoms with van der Waals surface area (Å²) in [6.07, 6.45) is 1.15. The summed E-state index contributed by atoms with van der Waals surface area (Å²) in [4.78, 5) is 27.2. The van der Waals surface area contributed by atoms with Gasteiger partial charge in [0.2, 0.25) is 21.8 Å². The lowest BCUT2D eigenvalue weighted by molar-refractivity contribution is -0.147. The minimum absolute atomic E-state index is 0.0672. The summed E-state index contributed by atoms with van der Waals surface area (Å²) in [5.74, 6) is -0.778. The average molecular weight is 460 g/mol. The molecule has 1 aromatic carbocycles. The number of likely N-dealkylation sites (tertiary alicyclic amines) is 1. The van der Waals surface area contributed by atoms with E-state index >= 15 is 0 Å². The summed E-state index contributed by atoms with van der Waals surface area (Å²) >= 11 is 0. The average Bonchev–Trinajstić information content (AvgIpc) is 3.08. The number of rotatable bonds is 6. The van der Waals surface area contributed by atoms with Crippen LogP contribution in [0.15, 0.2) is 30.3 Å². The molecule has 0 saturated carbocycles. The molecule has 172 valence electrons. The van der Waals surface area contributed by atoms with E-state index in [1.54, 1.807) is 0 Å². The van der Waals surface area contributed by atoms with E-state index in [0.29, 0.717) is 45.4 Å². The van der Waals surface area contributed by atoms with Crippen LogP contribution in [0.25, 0.3) is 5.69 Å². The third-order valence-corrected chi connectivity index (χ3v) is 8.01. The maximum absolute atomic E-state index is 12.8. The largest absolute Gasteiger partial charge is 0.366 e. The molecule has 1 aromatic heterocycles. The van der Waals surface area contributed by atoms with E-state index in [4.69, 9.17) is 5.10 Å². The van der Waals surface area contributed by atoms with Crippen LogP contribution < -0.4 is 4.90 Å². The normalized spacial score (nSPS) is 18.4. The Morgan fingerprint density at radius 3 is 2.19 bits per heavy atom. The number of hydrogen-bond donors (Lipinski definition) is 0.